The molecule has 2 amide bonds. The number of benzene rings is 2. The van der Waals surface area contributed by atoms with Gasteiger partial charge in [0.1, 0.15) is 6.10 Å². The summed E-state index contributed by atoms with van der Waals surface area (Å²) in [5.41, 5.74) is 8.28. The number of nitrogens with two attached hydrogens (primary N) is 1. The van der Waals surface area contributed by atoms with Gasteiger partial charge in [-0.25, -0.2) is 0 Å². The fourth-order valence-corrected chi connectivity index (χ4v) is 2.41. The molecule has 0 aliphatic carbocycles. The van der Waals surface area contributed by atoms with Gasteiger partial charge in [-0.3, -0.25) is 9.59 Å². The highest BCUT2D eigenvalue weighted by Crippen LogP contribution is 2.22. The molecular formula is C20H25N3O3. The van der Waals surface area contributed by atoms with Gasteiger partial charge in [-0.2, -0.15) is 0 Å². The molecule has 6 nitrogen and oxygen atoms in total. The predicted molar refractivity (Wildman–Crippen MR) is 103 cm³/mol. The summed E-state index contributed by atoms with van der Waals surface area (Å²) in [7, 11) is 1.47. The minimum atomic E-state index is -0.558. The Bertz CT molecular complexity index is 749. The van der Waals surface area contributed by atoms with Crippen LogP contribution in [-0.2, 0) is 14.3 Å². The quantitative estimate of drug-likeness (QED) is 0.712. The van der Waals surface area contributed by atoms with Crippen molar-refractivity contribution in [1.29, 1.82) is 0 Å². The summed E-state index contributed by atoms with van der Waals surface area (Å²) < 4.78 is 4.98. The first-order valence-electron chi connectivity index (χ1n) is 8.47. The fraction of sp³-hybridized carbons (Fsp3) is 0.300. The summed E-state index contributed by atoms with van der Waals surface area (Å²) in [5, 5.41) is 5.59. The van der Waals surface area contributed by atoms with Gasteiger partial charge in [-0.05, 0) is 30.7 Å². The second-order valence-electron chi connectivity index (χ2n) is 6.16. The van der Waals surface area contributed by atoms with Crippen LogP contribution in [0.3, 0.4) is 0 Å². The van der Waals surface area contributed by atoms with Crippen LogP contribution in [0.1, 0.15) is 25.5 Å². The van der Waals surface area contributed by atoms with Crippen LogP contribution in [0.15, 0.2) is 54.6 Å². The first kappa shape index (κ1) is 19.6. The molecule has 0 saturated heterocycles. The normalized spacial score (nSPS) is 14.2. The van der Waals surface area contributed by atoms with Crippen LogP contribution >= 0.6 is 0 Å². The van der Waals surface area contributed by atoms with Crippen LogP contribution in [0.5, 0.6) is 0 Å². The average molecular weight is 355 g/mol. The van der Waals surface area contributed by atoms with Gasteiger partial charge in [0.15, 0.2) is 0 Å². The third kappa shape index (κ3) is 5.15. The Morgan fingerprint density at radius 2 is 1.50 bits per heavy atom. The smallest absolute Gasteiger partial charge is 0.253 e. The van der Waals surface area contributed by atoms with Crippen LogP contribution in [-0.4, -0.2) is 25.0 Å². The maximum atomic E-state index is 12.5. The van der Waals surface area contributed by atoms with Crippen molar-refractivity contribution in [2.75, 3.05) is 17.7 Å². The fourth-order valence-electron chi connectivity index (χ4n) is 2.41. The van der Waals surface area contributed by atoms with Crippen molar-refractivity contribution >= 4 is 23.2 Å². The molecule has 0 bridgehead atoms. The van der Waals surface area contributed by atoms with Crippen LogP contribution in [0.25, 0.3) is 0 Å². The molecule has 6 heteroatoms. The molecule has 26 heavy (non-hydrogen) atoms. The lowest BCUT2D eigenvalue weighted by atomic mass is 9.94. The van der Waals surface area contributed by atoms with Crippen LogP contribution in [0.2, 0.25) is 0 Å². The van der Waals surface area contributed by atoms with Gasteiger partial charge in [0.25, 0.3) is 5.91 Å². The molecule has 0 heterocycles. The van der Waals surface area contributed by atoms with E-state index in [1.54, 1.807) is 38.1 Å². The Morgan fingerprint density at radius 3 is 2.08 bits per heavy atom. The molecular weight excluding hydrogens is 330 g/mol. The number of carbonyl (C=O) groups is 2. The number of methoxy groups -OCH3 is 1. The molecule has 2 aromatic rings. The second-order valence-corrected chi connectivity index (χ2v) is 6.16. The van der Waals surface area contributed by atoms with Crippen molar-refractivity contribution in [2.45, 2.75) is 26.0 Å². The van der Waals surface area contributed by atoms with E-state index in [4.69, 9.17) is 10.5 Å². The van der Waals surface area contributed by atoms with Gasteiger partial charge in [0.2, 0.25) is 5.91 Å². The molecule has 0 saturated carbocycles. The number of hydrogen-bond acceptors (Lipinski definition) is 4. The number of anilines is 2. The minimum Gasteiger partial charge on any atom is -0.372 e. The molecule has 0 aliphatic heterocycles. The van der Waals surface area contributed by atoms with Gasteiger partial charge >= 0.3 is 0 Å². The van der Waals surface area contributed by atoms with E-state index in [1.165, 1.54) is 7.11 Å². The molecule has 0 aliphatic rings. The second kappa shape index (κ2) is 9.12. The highest BCUT2D eigenvalue weighted by molar-refractivity contribution is 5.96. The number of amides is 2. The van der Waals surface area contributed by atoms with Gasteiger partial charge in [0, 0.05) is 24.5 Å². The van der Waals surface area contributed by atoms with Gasteiger partial charge < -0.3 is 21.1 Å². The first-order valence-corrected chi connectivity index (χ1v) is 8.47. The average Bonchev–Trinajstić information content (AvgIpc) is 2.67. The Morgan fingerprint density at radius 1 is 0.923 bits per heavy atom. The summed E-state index contributed by atoms with van der Waals surface area (Å²) in [6, 6.07) is 16.1. The lowest BCUT2D eigenvalue weighted by Crippen LogP contribution is -2.30. The maximum absolute atomic E-state index is 12.5. The van der Waals surface area contributed by atoms with Crippen molar-refractivity contribution in [2.24, 2.45) is 11.7 Å². The molecule has 3 atom stereocenters. The largest absolute Gasteiger partial charge is 0.372 e. The first-order chi connectivity index (χ1) is 12.4. The standard InChI is InChI=1S/C20H25N3O3/c1-13(18(21)15-8-5-4-6-9-15)19(24)22-16-10-7-11-17(12-16)23-20(25)14(2)26-3/h4-14,18H,21H2,1-3H3,(H,22,24)(H,23,25). The zero-order valence-corrected chi connectivity index (χ0v) is 15.2. The molecule has 0 radical (unpaired) electrons. The molecule has 0 fully saturated rings. The Labute approximate surface area is 153 Å². The topological polar surface area (TPSA) is 93.5 Å². The summed E-state index contributed by atoms with van der Waals surface area (Å²) in [4.78, 5) is 24.4. The molecule has 138 valence electrons. The van der Waals surface area contributed by atoms with Crippen LogP contribution in [0, 0.1) is 5.92 Å². The zero-order chi connectivity index (χ0) is 19.1. The lowest BCUT2D eigenvalue weighted by Gasteiger charge is -2.20. The van der Waals surface area contributed by atoms with Crippen molar-refractivity contribution < 1.29 is 14.3 Å². The van der Waals surface area contributed by atoms with Gasteiger partial charge in [-0.1, -0.05) is 43.3 Å². The Kier molecular flexibility index (Phi) is 6.89. The predicted octanol–water partition coefficient (Wildman–Crippen LogP) is 2.93. The monoisotopic (exact) mass is 355 g/mol. The molecule has 4 N–H and O–H groups in total. The van der Waals surface area contributed by atoms with Crippen LogP contribution < -0.4 is 16.4 Å². The molecule has 2 rings (SSSR count). The Balaban J connectivity index is 2.02. The van der Waals surface area contributed by atoms with E-state index in [9.17, 15) is 9.59 Å². The van der Waals surface area contributed by atoms with E-state index in [0.29, 0.717) is 11.4 Å². The maximum Gasteiger partial charge on any atom is 0.253 e. The van der Waals surface area contributed by atoms with Gasteiger partial charge in [-0.15, -0.1) is 0 Å². The van der Waals surface area contributed by atoms with Crippen molar-refractivity contribution in [1.82, 2.24) is 0 Å². The molecule has 3 unspecified atom stereocenters. The van der Waals surface area contributed by atoms with E-state index in [0.717, 1.165) is 5.56 Å². The summed E-state index contributed by atoms with van der Waals surface area (Å²) >= 11 is 0. The van der Waals surface area contributed by atoms with Crippen molar-refractivity contribution in [3.8, 4) is 0 Å². The third-order valence-corrected chi connectivity index (χ3v) is 4.26. The minimum absolute atomic E-state index is 0.185. The van der Waals surface area contributed by atoms with Gasteiger partial charge in [0.05, 0.1) is 5.92 Å². The summed E-state index contributed by atoms with van der Waals surface area (Å²) in [5.74, 6) is -0.852. The van der Waals surface area contributed by atoms with E-state index in [-0.39, 0.29) is 11.8 Å². The van der Waals surface area contributed by atoms with E-state index < -0.39 is 18.1 Å². The number of ether oxygens (including phenoxy) is 1. The number of rotatable bonds is 7. The van der Waals surface area contributed by atoms with Crippen molar-refractivity contribution in [3.63, 3.8) is 0 Å². The Hall–Kier alpha value is -2.70. The van der Waals surface area contributed by atoms with Crippen molar-refractivity contribution in [3.05, 3.63) is 60.2 Å². The van der Waals surface area contributed by atoms with Crippen LogP contribution in [0.4, 0.5) is 11.4 Å². The molecule has 0 spiro atoms. The lowest BCUT2D eigenvalue weighted by molar-refractivity contribution is -0.124. The molecule has 2 aromatic carbocycles. The van der Waals surface area contributed by atoms with E-state index >= 15 is 0 Å². The SMILES string of the molecule is COC(C)C(=O)Nc1cccc(NC(=O)C(C)C(N)c2ccccc2)c1. The highest BCUT2D eigenvalue weighted by atomic mass is 16.5. The number of hydrogen-bond donors (Lipinski definition) is 3. The summed E-state index contributed by atoms with van der Waals surface area (Å²) in [6.07, 6.45) is -0.558. The number of nitrogens with one attached hydrogen (secondary N) is 2. The summed E-state index contributed by atoms with van der Waals surface area (Å²) in [6.45, 7) is 3.45. The third-order valence-electron chi connectivity index (χ3n) is 4.26. The highest BCUT2D eigenvalue weighted by Gasteiger charge is 2.22. The zero-order valence-electron chi connectivity index (χ0n) is 15.2. The number of carbonyl (C=O) groups excluding carboxylic acids is 2. The van der Waals surface area contributed by atoms with E-state index in [2.05, 4.69) is 10.6 Å². The van der Waals surface area contributed by atoms with E-state index in [1.807, 2.05) is 30.3 Å². The molecule has 0 aromatic heterocycles.